The molecule has 8 heteroatoms. The fourth-order valence-electron chi connectivity index (χ4n) is 4.42. The van der Waals surface area contributed by atoms with E-state index in [0.717, 1.165) is 17.1 Å². The van der Waals surface area contributed by atoms with Crippen LogP contribution in [0.25, 0.3) is 0 Å². The van der Waals surface area contributed by atoms with Crippen LogP contribution in [0.3, 0.4) is 0 Å². The van der Waals surface area contributed by atoms with Crippen molar-refractivity contribution in [2.24, 2.45) is 5.92 Å². The lowest BCUT2D eigenvalue weighted by Crippen LogP contribution is -2.40. The summed E-state index contributed by atoms with van der Waals surface area (Å²) >= 11 is 1.80. The van der Waals surface area contributed by atoms with E-state index in [2.05, 4.69) is 5.32 Å². The lowest BCUT2D eigenvalue weighted by atomic mass is 9.75. The van der Waals surface area contributed by atoms with Crippen LogP contribution < -0.4 is 20.2 Å². The van der Waals surface area contributed by atoms with Crippen LogP contribution in [-0.2, 0) is 10.2 Å². The molecular formula is C25H33NO6S. The van der Waals surface area contributed by atoms with Gasteiger partial charge in [0.2, 0.25) is 17.1 Å². The highest BCUT2D eigenvalue weighted by molar-refractivity contribution is 7.99. The first-order valence-corrected chi connectivity index (χ1v) is 12.3. The van der Waals surface area contributed by atoms with Gasteiger partial charge in [0.05, 0.1) is 20.3 Å². The molecule has 2 aromatic rings. The maximum atomic E-state index is 13.4. The second kappa shape index (κ2) is 10.5. The highest BCUT2D eigenvalue weighted by Crippen LogP contribution is 2.44. The smallest absolute Gasteiger partial charge is 0.227 e. The molecule has 0 radical (unpaired) electrons. The summed E-state index contributed by atoms with van der Waals surface area (Å²) in [4.78, 5) is 25.6. The maximum Gasteiger partial charge on any atom is 0.227 e. The number of benzene rings is 1. The fourth-order valence-corrected chi connectivity index (χ4v) is 5.70. The minimum atomic E-state index is -0.719. The van der Waals surface area contributed by atoms with Crippen molar-refractivity contribution >= 4 is 17.7 Å². The predicted molar refractivity (Wildman–Crippen MR) is 130 cm³/mol. The molecule has 33 heavy (non-hydrogen) atoms. The highest BCUT2D eigenvalue weighted by Gasteiger charge is 2.42. The molecule has 1 unspecified atom stereocenters. The Morgan fingerprint density at radius 1 is 1.18 bits per heavy atom. The Hall–Kier alpha value is -2.61. The van der Waals surface area contributed by atoms with Crippen LogP contribution in [0, 0.1) is 12.8 Å². The minimum absolute atomic E-state index is 0.121. The molecule has 1 aromatic carbocycles. The van der Waals surface area contributed by atoms with E-state index in [1.165, 1.54) is 6.07 Å². The van der Waals surface area contributed by atoms with Crippen LogP contribution in [0.4, 0.5) is 0 Å². The minimum Gasteiger partial charge on any atom is -0.502 e. The van der Waals surface area contributed by atoms with E-state index in [4.69, 9.17) is 13.9 Å². The summed E-state index contributed by atoms with van der Waals surface area (Å²) in [5.74, 6) is 3.11. The highest BCUT2D eigenvalue weighted by atomic mass is 32.2. The van der Waals surface area contributed by atoms with Gasteiger partial charge in [-0.15, -0.1) is 0 Å². The zero-order chi connectivity index (χ0) is 24.2. The van der Waals surface area contributed by atoms with Gasteiger partial charge in [-0.3, -0.25) is 9.59 Å². The second-order valence-corrected chi connectivity index (χ2v) is 10.1. The topological polar surface area (TPSA) is 98.0 Å². The number of thioether (sulfide) groups is 1. The van der Waals surface area contributed by atoms with Crippen molar-refractivity contribution in [1.82, 2.24) is 5.32 Å². The van der Waals surface area contributed by atoms with Crippen molar-refractivity contribution in [3.8, 4) is 17.2 Å². The molecule has 1 aliphatic rings. The fraction of sp³-hybridized carbons (Fsp3) is 0.520. The summed E-state index contributed by atoms with van der Waals surface area (Å²) in [6.45, 7) is 5.77. The number of hydrogen-bond donors (Lipinski definition) is 2. The van der Waals surface area contributed by atoms with Gasteiger partial charge in [-0.05, 0) is 54.9 Å². The molecule has 0 bridgehead atoms. The van der Waals surface area contributed by atoms with E-state index < -0.39 is 10.8 Å². The zero-order valence-corrected chi connectivity index (χ0v) is 20.7. The average molecular weight is 476 g/mol. The molecule has 2 heterocycles. The largest absolute Gasteiger partial charge is 0.502 e. The Morgan fingerprint density at radius 3 is 2.45 bits per heavy atom. The number of aromatic hydroxyl groups is 1. The van der Waals surface area contributed by atoms with Crippen molar-refractivity contribution < 1.29 is 23.8 Å². The molecule has 7 nitrogen and oxygen atoms in total. The van der Waals surface area contributed by atoms with Gasteiger partial charge in [0.25, 0.3) is 0 Å². The third-order valence-electron chi connectivity index (χ3n) is 6.23. The second-order valence-electron chi connectivity index (χ2n) is 8.87. The van der Waals surface area contributed by atoms with Crippen molar-refractivity contribution in [3.05, 3.63) is 51.6 Å². The summed E-state index contributed by atoms with van der Waals surface area (Å²) in [5, 5.41) is 13.7. The molecule has 0 aliphatic carbocycles. The Bertz CT molecular complexity index is 1040. The van der Waals surface area contributed by atoms with Crippen LogP contribution in [0.1, 0.15) is 56.2 Å². The lowest BCUT2D eigenvalue weighted by molar-refractivity contribution is -0.123. The first kappa shape index (κ1) is 25.0. The number of methoxy groups -OCH3 is 2. The third kappa shape index (κ3) is 5.49. The van der Waals surface area contributed by atoms with E-state index in [-0.39, 0.29) is 35.8 Å². The molecule has 1 saturated heterocycles. The molecule has 180 valence electrons. The number of nitrogens with one attached hydrogen (secondary N) is 1. The van der Waals surface area contributed by atoms with Gasteiger partial charge in [0, 0.05) is 17.9 Å². The van der Waals surface area contributed by atoms with Gasteiger partial charge in [-0.1, -0.05) is 19.9 Å². The number of ether oxygens (including phenoxy) is 2. The van der Waals surface area contributed by atoms with Crippen LogP contribution in [0.5, 0.6) is 17.2 Å². The Labute approximate surface area is 198 Å². The first-order chi connectivity index (χ1) is 15.7. The van der Waals surface area contributed by atoms with Crippen molar-refractivity contribution in [1.29, 1.82) is 0 Å². The summed E-state index contributed by atoms with van der Waals surface area (Å²) < 4.78 is 16.6. The van der Waals surface area contributed by atoms with E-state index in [0.29, 0.717) is 30.1 Å². The quantitative estimate of drug-likeness (QED) is 0.586. The molecule has 2 N–H and O–H groups in total. The van der Waals surface area contributed by atoms with Gasteiger partial charge in [-0.25, -0.2) is 0 Å². The van der Waals surface area contributed by atoms with Crippen LogP contribution in [0.15, 0.2) is 33.5 Å². The number of amides is 1. The van der Waals surface area contributed by atoms with E-state index >= 15 is 0 Å². The van der Waals surface area contributed by atoms with Crippen molar-refractivity contribution in [3.63, 3.8) is 0 Å². The van der Waals surface area contributed by atoms with Crippen molar-refractivity contribution in [2.75, 3.05) is 25.7 Å². The molecule has 3 rings (SSSR count). The number of carbonyl (C=O) groups excluding carboxylic acids is 1. The van der Waals surface area contributed by atoms with Crippen molar-refractivity contribution in [2.45, 2.75) is 51.5 Å². The number of carbonyl (C=O) groups is 1. The molecule has 1 amide bonds. The number of aryl methyl sites for hydroxylation is 1. The zero-order valence-electron chi connectivity index (χ0n) is 19.9. The summed E-state index contributed by atoms with van der Waals surface area (Å²) in [6, 6.07) is 6.66. The standard InChI is InChI=1S/C25H33NO6S/c1-15(2)22(17-6-7-19(30-4)20(13-17)31-5)26-21(28)14-25(8-10-33-11-9-25)24-23(29)18(27)12-16(3)32-24/h6-7,12-13,15,22,29H,8-11,14H2,1-5H3,(H,26,28). The SMILES string of the molecule is COc1ccc(C(NC(=O)CC2(c3oc(C)cc(=O)c3O)CCSCC2)C(C)C)cc1OC. The van der Waals surface area contributed by atoms with E-state index in [9.17, 15) is 14.7 Å². The molecule has 1 fully saturated rings. The number of rotatable bonds is 8. The van der Waals surface area contributed by atoms with Gasteiger partial charge in [0.15, 0.2) is 17.3 Å². The Balaban J connectivity index is 1.90. The van der Waals surface area contributed by atoms with Gasteiger partial charge >= 0.3 is 0 Å². The van der Waals surface area contributed by atoms with Gasteiger partial charge in [0.1, 0.15) is 5.76 Å². The molecule has 1 aromatic heterocycles. The summed E-state index contributed by atoms with van der Waals surface area (Å²) in [6.07, 6.45) is 1.42. The average Bonchev–Trinajstić information content (AvgIpc) is 2.79. The van der Waals surface area contributed by atoms with E-state index in [1.54, 1.807) is 32.9 Å². The van der Waals surface area contributed by atoms with Crippen LogP contribution in [0.2, 0.25) is 0 Å². The molecule has 0 spiro atoms. The van der Waals surface area contributed by atoms with Gasteiger partial charge < -0.3 is 24.3 Å². The van der Waals surface area contributed by atoms with E-state index in [1.807, 2.05) is 32.0 Å². The van der Waals surface area contributed by atoms with Gasteiger partial charge in [-0.2, -0.15) is 11.8 Å². The first-order valence-electron chi connectivity index (χ1n) is 11.1. The Kier molecular flexibility index (Phi) is 8.00. The Morgan fingerprint density at radius 2 is 1.85 bits per heavy atom. The maximum absolute atomic E-state index is 13.4. The van der Waals surface area contributed by atoms with Crippen LogP contribution in [-0.4, -0.2) is 36.7 Å². The third-order valence-corrected chi connectivity index (χ3v) is 7.21. The molecule has 1 aliphatic heterocycles. The molecule has 0 saturated carbocycles. The number of hydrogen-bond acceptors (Lipinski definition) is 7. The molecule has 1 atom stereocenters. The summed E-state index contributed by atoms with van der Waals surface area (Å²) in [5.41, 5.74) is -0.282. The van der Waals surface area contributed by atoms with Crippen LogP contribution >= 0.6 is 11.8 Å². The summed E-state index contributed by atoms with van der Waals surface area (Å²) in [7, 11) is 3.16. The lowest BCUT2D eigenvalue weighted by Gasteiger charge is -2.36. The molecular weight excluding hydrogens is 442 g/mol. The normalized spacial score (nSPS) is 16.3. The predicted octanol–water partition coefficient (Wildman–Crippen LogP) is 4.34. The monoisotopic (exact) mass is 475 g/mol.